The molecule has 31 heavy (non-hydrogen) atoms. The van der Waals surface area contributed by atoms with E-state index >= 15 is 0 Å². The first kappa shape index (κ1) is 22.5. The molecule has 1 amide bonds. The van der Waals surface area contributed by atoms with Crippen molar-refractivity contribution < 1.29 is 17.9 Å². The highest BCUT2D eigenvalue weighted by molar-refractivity contribution is 7.89. The first-order valence-electron chi connectivity index (χ1n) is 9.83. The Morgan fingerprint density at radius 1 is 0.935 bits per heavy atom. The summed E-state index contributed by atoms with van der Waals surface area (Å²) in [4.78, 5) is 12.9. The summed E-state index contributed by atoms with van der Waals surface area (Å²) in [6, 6.07) is 24.3. The molecule has 6 nitrogen and oxygen atoms in total. The molecule has 0 heterocycles. The normalized spacial score (nSPS) is 11.5. The zero-order chi connectivity index (χ0) is 22.4. The SMILES string of the molecule is COc1ccc(C(=O)NCC(c2ccccc2)c2ccccc2)cc1S(=O)(=O)N(C)C. The molecule has 0 aromatic heterocycles. The lowest BCUT2D eigenvalue weighted by Crippen LogP contribution is -2.29. The Balaban J connectivity index is 1.87. The number of benzene rings is 3. The van der Waals surface area contributed by atoms with Gasteiger partial charge in [0, 0.05) is 32.1 Å². The lowest BCUT2D eigenvalue weighted by atomic mass is 9.91. The molecule has 0 bridgehead atoms. The minimum atomic E-state index is -3.76. The van der Waals surface area contributed by atoms with Crippen LogP contribution < -0.4 is 10.1 Å². The highest BCUT2D eigenvalue weighted by atomic mass is 32.2. The Morgan fingerprint density at radius 3 is 1.97 bits per heavy atom. The molecular weight excluding hydrogens is 412 g/mol. The number of nitrogens with zero attached hydrogens (tertiary/aromatic N) is 1. The van der Waals surface area contributed by atoms with Gasteiger partial charge in [-0.05, 0) is 29.3 Å². The van der Waals surface area contributed by atoms with E-state index in [0.29, 0.717) is 6.54 Å². The number of carbonyl (C=O) groups is 1. The third-order valence-corrected chi connectivity index (χ3v) is 6.89. The van der Waals surface area contributed by atoms with Crippen LogP contribution in [0.5, 0.6) is 5.75 Å². The number of carbonyl (C=O) groups excluding carboxylic acids is 1. The Kier molecular flexibility index (Phi) is 7.09. The maximum atomic E-state index is 12.9. The Labute approximate surface area is 183 Å². The number of nitrogens with one attached hydrogen (secondary N) is 1. The first-order chi connectivity index (χ1) is 14.8. The van der Waals surface area contributed by atoms with Crippen molar-refractivity contribution in [3.63, 3.8) is 0 Å². The molecule has 0 saturated carbocycles. The zero-order valence-electron chi connectivity index (χ0n) is 17.8. The molecule has 3 aromatic rings. The molecule has 1 N–H and O–H groups in total. The fourth-order valence-corrected chi connectivity index (χ4v) is 4.39. The van der Waals surface area contributed by atoms with Gasteiger partial charge in [0.25, 0.3) is 5.91 Å². The zero-order valence-corrected chi connectivity index (χ0v) is 18.6. The average Bonchev–Trinajstić information content (AvgIpc) is 2.80. The van der Waals surface area contributed by atoms with Crippen LogP contribution in [-0.2, 0) is 10.0 Å². The molecule has 0 atom stereocenters. The molecular formula is C24H26N2O4S. The quantitative estimate of drug-likeness (QED) is 0.584. The van der Waals surface area contributed by atoms with Crippen LogP contribution in [0.2, 0.25) is 0 Å². The molecule has 162 valence electrons. The van der Waals surface area contributed by atoms with Crippen LogP contribution in [0.4, 0.5) is 0 Å². The number of methoxy groups -OCH3 is 1. The molecule has 7 heteroatoms. The summed E-state index contributed by atoms with van der Waals surface area (Å²) in [7, 11) is 0.505. The van der Waals surface area contributed by atoms with Crippen molar-refractivity contribution in [2.75, 3.05) is 27.7 Å². The smallest absolute Gasteiger partial charge is 0.251 e. The van der Waals surface area contributed by atoms with E-state index in [2.05, 4.69) is 5.32 Å². The van der Waals surface area contributed by atoms with Gasteiger partial charge in [-0.1, -0.05) is 60.7 Å². The van der Waals surface area contributed by atoms with E-state index < -0.39 is 10.0 Å². The van der Waals surface area contributed by atoms with Crippen molar-refractivity contribution in [3.05, 3.63) is 95.6 Å². The van der Waals surface area contributed by atoms with Gasteiger partial charge in [-0.25, -0.2) is 12.7 Å². The second kappa shape index (κ2) is 9.76. The standard InChI is InChI=1S/C24H26N2O4S/c1-26(2)31(28,29)23-16-20(14-15-22(23)30-3)24(27)25-17-21(18-10-6-4-7-11-18)19-12-8-5-9-13-19/h4-16,21H,17H2,1-3H3,(H,25,27). The Hall–Kier alpha value is -3.16. The minimum Gasteiger partial charge on any atom is -0.495 e. The summed E-state index contributed by atoms with van der Waals surface area (Å²) in [5.74, 6) is -0.194. The third kappa shape index (κ3) is 5.13. The largest absolute Gasteiger partial charge is 0.495 e. The van der Waals surface area contributed by atoms with Crippen LogP contribution in [0.15, 0.2) is 83.8 Å². The molecule has 0 aliphatic rings. The van der Waals surface area contributed by atoms with Gasteiger partial charge in [0.05, 0.1) is 7.11 Å². The fraction of sp³-hybridized carbons (Fsp3) is 0.208. The van der Waals surface area contributed by atoms with Gasteiger partial charge >= 0.3 is 0 Å². The fourth-order valence-electron chi connectivity index (χ4n) is 3.31. The summed E-state index contributed by atoms with van der Waals surface area (Å²) in [6.07, 6.45) is 0. The molecule has 3 aromatic carbocycles. The van der Waals surface area contributed by atoms with Crippen molar-refractivity contribution in [2.24, 2.45) is 0 Å². The van der Waals surface area contributed by atoms with Crippen LogP contribution in [0.3, 0.4) is 0 Å². The Morgan fingerprint density at radius 2 is 1.48 bits per heavy atom. The molecule has 0 aliphatic carbocycles. The van der Waals surface area contributed by atoms with E-state index in [1.807, 2.05) is 60.7 Å². The summed E-state index contributed by atoms with van der Waals surface area (Å²) >= 11 is 0. The van der Waals surface area contributed by atoms with Gasteiger partial charge in [-0.3, -0.25) is 4.79 Å². The number of hydrogen-bond acceptors (Lipinski definition) is 4. The van der Waals surface area contributed by atoms with E-state index in [1.54, 1.807) is 6.07 Å². The molecule has 3 rings (SSSR count). The maximum absolute atomic E-state index is 12.9. The van der Waals surface area contributed by atoms with Gasteiger partial charge in [-0.2, -0.15) is 0 Å². The molecule has 0 spiro atoms. The van der Waals surface area contributed by atoms with Crippen molar-refractivity contribution in [2.45, 2.75) is 10.8 Å². The van der Waals surface area contributed by atoms with Crippen LogP contribution >= 0.6 is 0 Å². The van der Waals surface area contributed by atoms with Gasteiger partial charge in [-0.15, -0.1) is 0 Å². The molecule has 0 radical (unpaired) electrons. The second-order valence-electron chi connectivity index (χ2n) is 7.24. The lowest BCUT2D eigenvalue weighted by molar-refractivity contribution is 0.0952. The van der Waals surface area contributed by atoms with Gasteiger partial charge in [0.2, 0.25) is 10.0 Å². The van der Waals surface area contributed by atoms with Gasteiger partial charge in [0.1, 0.15) is 10.6 Å². The Bertz CT molecular complexity index is 1090. The predicted molar refractivity (Wildman–Crippen MR) is 121 cm³/mol. The summed E-state index contributed by atoms with van der Waals surface area (Å²) in [5, 5.41) is 2.95. The maximum Gasteiger partial charge on any atom is 0.251 e. The third-order valence-electron chi connectivity index (χ3n) is 5.06. The van der Waals surface area contributed by atoms with Crippen molar-refractivity contribution in [1.29, 1.82) is 0 Å². The van der Waals surface area contributed by atoms with E-state index in [-0.39, 0.29) is 28.0 Å². The van der Waals surface area contributed by atoms with Crippen molar-refractivity contribution in [1.82, 2.24) is 9.62 Å². The number of ether oxygens (including phenoxy) is 1. The van der Waals surface area contributed by atoms with Gasteiger partial charge in [0.15, 0.2) is 0 Å². The highest BCUT2D eigenvalue weighted by Crippen LogP contribution is 2.27. The average molecular weight is 439 g/mol. The van der Waals surface area contributed by atoms with Crippen molar-refractivity contribution >= 4 is 15.9 Å². The number of hydrogen-bond donors (Lipinski definition) is 1. The monoisotopic (exact) mass is 438 g/mol. The van der Waals surface area contributed by atoms with E-state index in [0.717, 1.165) is 15.4 Å². The summed E-state index contributed by atoms with van der Waals surface area (Å²) < 4.78 is 31.6. The summed E-state index contributed by atoms with van der Waals surface area (Å²) in [5.41, 5.74) is 2.42. The molecule has 0 aliphatic heterocycles. The van der Waals surface area contributed by atoms with E-state index in [4.69, 9.17) is 4.74 Å². The van der Waals surface area contributed by atoms with Crippen LogP contribution in [0.1, 0.15) is 27.4 Å². The van der Waals surface area contributed by atoms with E-state index in [1.165, 1.54) is 33.3 Å². The second-order valence-corrected chi connectivity index (χ2v) is 9.36. The molecule has 0 saturated heterocycles. The number of amides is 1. The molecule has 0 unspecified atom stereocenters. The topological polar surface area (TPSA) is 75.7 Å². The number of rotatable bonds is 8. The van der Waals surface area contributed by atoms with E-state index in [9.17, 15) is 13.2 Å². The predicted octanol–water partition coefficient (Wildman–Crippen LogP) is 3.51. The first-order valence-corrected chi connectivity index (χ1v) is 11.3. The van der Waals surface area contributed by atoms with Gasteiger partial charge < -0.3 is 10.1 Å². The van der Waals surface area contributed by atoms with Crippen LogP contribution in [0.25, 0.3) is 0 Å². The lowest BCUT2D eigenvalue weighted by Gasteiger charge is -2.19. The van der Waals surface area contributed by atoms with Crippen molar-refractivity contribution in [3.8, 4) is 5.75 Å². The molecule has 0 fully saturated rings. The van der Waals surface area contributed by atoms with Crippen LogP contribution in [-0.4, -0.2) is 46.4 Å². The number of sulfonamides is 1. The summed E-state index contributed by atoms with van der Waals surface area (Å²) in [6.45, 7) is 0.370. The highest BCUT2D eigenvalue weighted by Gasteiger charge is 2.24. The minimum absolute atomic E-state index is 0.0328. The van der Waals surface area contributed by atoms with Crippen LogP contribution in [0, 0.1) is 0 Å².